The minimum absolute atomic E-state index is 0.299. The quantitative estimate of drug-likeness (QED) is 0.771. The molecular formula is C18H29NO. The molecule has 0 spiro atoms. The van der Waals surface area contributed by atoms with Gasteiger partial charge in [-0.2, -0.15) is 0 Å². The molecule has 0 aliphatic heterocycles. The fourth-order valence-electron chi connectivity index (χ4n) is 3.21. The van der Waals surface area contributed by atoms with Crippen molar-refractivity contribution in [1.82, 2.24) is 5.32 Å². The molecule has 0 heterocycles. The lowest BCUT2D eigenvalue weighted by atomic mass is 10.0. The Morgan fingerprint density at radius 1 is 1.30 bits per heavy atom. The molecule has 2 rings (SSSR count). The number of ether oxygens (including phenoxy) is 1. The molecule has 3 unspecified atom stereocenters. The van der Waals surface area contributed by atoms with Gasteiger partial charge in [-0.3, -0.25) is 0 Å². The first-order valence-electron chi connectivity index (χ1n) is 8.16. The summed E-state index contributed by atoms with van der Waals surface area (Å²) in [4.78, 5) is 0. The third kappa shape index (κ3) is 3.62. The minimum atomic E-state index is 0.299. The second-order valence-corrected chi connectivity index (χ2v) is 5.96. The lowest BCUT2D eigenvalue weighted by Crippen LogP contribution is -2.29. The van der Waals surface area contributed by atoms with Crippen LogP contribution in [0.4, 0.5) is 0 Å². The highest BCUT2D eigenvalue weighted by molar-refractivity contribution is 5.36. The van der Waals surface area contributed by atoms with Crippen molar-refractivity contribution in [2.75, 3.05) is 13.7 Å². The Morgan fingerprint density at radius 3 is 2.80 bits per heavy atom. The second-order valence-electron chi connectivity index (χ2n) is 5.96. The Kier molecular flexibility index (Phi) is 6.06. The van der Waals surface area contributed by atoms with Crippen LogP contribution in [0.5, 0.6) is 0 Å². The van der Waals surface area contributed by atoms with Crippen molar-refractivity contribution in [3.63, 3.8) is 0 Å². The molecule has 20 heavy (non-hydrogen) atoms. The predicted octanol–water partition coefficient (Wildman–Crippen LogP) is 4.10. The number of hydrogen-bond donors (Lipinski definition) is 1. The van der Waals surface area contributed by atoms with Crippen LogP contribution in [-0.2, 0) is 11.2 Å². The van der Waals surface area contributed by atoms with E-state index in [0.717, 1.165) is 18.9 Å². The lowest BCUT2D eigenvalue weighted by Gasteiger charge is -2.23. The Morgan fingerprint density at radius 2 is 2.10 bits per heavy atom. The van der Waals surface area contributed by atoms with E-state index in [9.17, 15) is 0 Å². The molecule has 0 saturated heterocycles. The molecule has 1 aliphatic carbocycles. The largest absolute Gasteiger partial charge is 0.376 e. The zero-order valence-corrected chi connectivity index (χ0v) is 13.2. The van der Waals surface area contributed by atoms with Crippen LogP contribution in [0, 0.1) is 5.92 Å². The van der Waals surface area contributed by atoms with Gasteiger partial charge in [-0.25, -0.2) is 0 Å². The first-order valence-corrected chi connectivity index (χ1v) is 8.16. The average Bonchev–Trinajstić information content (AvgIpc) is 2.85. The fraction of sp³-hybridized carbons (Fsp3) is 0.667. The van der Waals surface area contributed by atoms with E-state index in [1.54, 1.807) is 0 Å². The van der Waals surface area contributed by atoms with Gasteiger partial charge in [0.1, 0.15) is 0 Å². The molecule has 0 amide bonds. The zero-order chi connectivity index (χ0) is 14.4. The maximum atomic E-state index is 6.28. The van der Waals surface area contributed by atoms with Gasteiger partial charge in [0, 0.05) is 13.0 Å². The van der Waals surface area contributed by atoms with Crippen molar-refractivity contribution in [3.8, 4) is 0 Å². The van der Waals surface area contributed by atoms with E-state index < -0.39 is 0 Å². The number of fused-ring (bicyclic) bond motifs is 1. The summed E-state index contributed by atoms with van der Waals surface area (Å²) in [7, 11) is 2.04. The number of rotatable bonds is 8. The van der Waals surface area contributed by atoms with Gasteiger partial charge in [0.05, 0.1) is 12.1 Å². The van der Waals surface area contributed by atoms with Crippen LogP contribution in [0.1, 0.15) is 56.7 Å². The second kappa shape index (κ2) is 7.80. The van der Waals surface area contributed by atoms with Gasteiger partial charge in [0.25, 0.3) is 0 Å². The highest BCUT2D eigenvalue weighted by Gasteiger charge is 2.32. The minimum Gasteiger partial charge on any atom is -0.376 e. The summed E-state index contributed by atoms with van der Waals surface area (Å²) in [6.07, 6.45) is 6.48. The highest BCUT2D eigenvalue weighted by atomic mass is 16.5. The van der Waals surface area contributed by atoms with E-state index in [1.807, 2.05) is 7.05 Å². The standard InChI is InChI=1S/C18H29NO/c1-4-6-9-14(5-2)13-20-17-12-15-10-7-8-11-16(15)18(17)19-3/h7-8,10-11,14,17-19H,4-6,9,12-13H2,1-3H3. The van der Waals surface area contributed by atoms with Crippen LogP contribution in [0.15, 0.2) is 24.3 Å². The summed E-state index contributed by atoms with van der Waals surface area (Å²) in [5, 5.41) is 3.43. The van der Waals surface area contributed by atoms with Crippen molar-refractivity contribution in [3.05, 3.63) is 35.4 Å². The third-order valence-corrected chi connectivity index (χ3v) is 4.58. The van der Waals surface area contributed by atoms with Crippen molar-refractivity contribution in [2.24, 2.45) is 5.92 Å². The Balaban J connectivity index is 1.90. The van der Waals surface area contributed by atoms with Crippen LogP contribution >= 0.6 is 0 Å². The molecule has 2 nitrogen and oxygen atoms in total. The molecule has 0 fully saturated rings. The molecule has 112 valence electrons. The number of benzene rings is 1. The van der Waals surface area contributed by atoms with Crippen LogP contribution in [0.25, 0.3) is 0 Å². The molecule has 1 aliphatic rings. The van der Waals surface area contributed by atoms with Crippen molar-refractivity contribution in [2.45, 2.75) is 58.1 Å². The average molecular weight is 275 g/mol. The smallest absolute Gasteiger partial charge is 0.0810 e. The molecule has 0 aromatic heterocycles. The van der Waals surface area contributed by atoms with E-state index in [-0.39, 0.29) is 0 Å². The van der Waals surface area contributed by atoms with Gasteiger partial charge in [-0.15, -0.1) is 0 Å². The summed E-state index contributed by atoms with van der Waals surface area (Å²) < 4.78 is 6.28. The van der Waals surface area contributed by atoms with Crippen LogP contribution in [-0.4, -0.2) is 19.8 Å². The summed E-state index contributed by atoms with van der Waals surface area (Å²) >= 11 is 0. The zero-order valence-electron chi connectivity index (χ0n) is 13.2. The molecule has 0 saturated carbocycles. The molecular weight excluding hydrogens is 246 g/mol. The first kappa shape index (κ1) is 15.5. The van der Waals surface area contributed by atoms with E-state index in [1.165, 1.54) is 36.8 Å². The van der Waals surface area contributed by atoms with Crippen molar-refractivity contribution in [1.29, 1.82) is 0 Å². The van der Waals surface area contributed by atoms with E-state index in [2.05, 4.69) is 43.4 Å². The Hall–Kier alpha value is -0.860. The summed E-state index contributed by atoms with van der Waals surface area (Å²) in [6, 6.07) is 9.08. The van der Waals surface area contributed by atoms with Gasteiger partial charge >= 0.3 is 0 Å². The summed E-state index contributed by atoms with van der Waals surface area (Å²) in [5.41, 5.74) is 2.86. The third-order valence-electron chi connectivity index (χ3n) is 4.58. The highest BCUT2D eigenvalue weighted by Crippen LogP contribution is 2.33. The predicted molar refractivity (Wildman–Crippen MR) is 85.0 cm³/mol. The molecule has 0 bridgehead atoms. The molecule has 3 atom stereocenters. The Labute approximate surface area is 123 Å². The van der Waals surface area contributed by atoms with Crippen LogP contribution < -0.4 is 5.32 Å². The molecule has 1 aromatic rings. The van der Waals surface area contributed by atoms with Gasteiger partial charge in [0.2, 0.25) is 0 Å². The Bertz CT molecular complexity index is 404. The maximum absolute atomic E-state index is 6.28. The molecule has 1 aromatic carbocycles. The van der Waals surface area contributed by atoms with Crippen molar-refractivity contribution < 1.29 is 4.74 Å². The summed E-state index contributed by atoms with van der Waals surface area (Å²) in [5.74, 6) is 0.719. The lowest BCUT2D eigenvalue weighted by molar-refractivity contribution is 0.0119. The van der Waals surface area contributed by atoms with Gasteiger partial charge < -0.3 is 10.1 Å². The first-order chi connectivity index (χ1) is 9.80. The SMILES string of the molecule is CCCCC(CC)COC1Cc2ccccc2C1NC. The maximum Gasteiger partial charge on any atom is 0.0810 e. The van der Waals surface area contributed by atoms with Crippen molar-refractivity contribution >= 4 is 0 Å². The monoisotopic (exact) mass is 275 g/mol. The van der Waals surface area contributed by atoms with E-state index >= 15 is 0 Å². The van der Waals surface area contributed by atoms with E-state index in [0.29, 0.717) is 12.1 Å². The number of hydrogen-bond acceptors (Lipinski definition) is 2. The normalized spacial score (nSPS) is 22.8. The molecule has 0 radical (unpaired) electrons. The van der Waals surface area contributed by atoms with Gasteiger partial charge in [-0.05, 0) is 30.5 Å². The van der Waals surface area contributed by atoms with Crippen LogP contribution in [0.2, 0.25) is 0 Å². The molecule has 1 N–H and O–H groups in total. The van der Waals surface area contributed by atoms with Crippen LogP contribution in [0.3, 0.4) is 0 Å². The van der Waals surface area contributed by atoms with E-state index in [4.69, 9.17) is 4.74 Å². The molecule has 2 heteroatoms. The van der Waals surface area contributed by atoms with Gasteiger partial charge in [0.15, 0.2) is 0 Å². The summed E-state index contributed by atoms with van der Waals surface area (Å²) in [6.45, 7) is 5.45. The fourth-order valence-corrected chi connectivity index (χ4v) is 3.21. The number of unbranched alkanes of at least 4 members (excludes halogenated alkanes) is 1. The van der Waals surface area contributed by atoms with Gasteiger partial charge in [-0.1, -0.05) is 57.4 Å². The number of likely N-dealkylation sites (N-methyl/N-ethyl adjacent to an activating group) is 1. The number of nitrogens with one attached hydrogen (secondary N) is 1. The topological polar surface area (TPSA) is 21.3 Å².